The highest BCUT2D eigenvalue weighted by Crippen LogP contribution is 2.29. The summed E-state index contributed by atoms with van der Waals surface area (Å²) in [5.74, 6) is -1.41. The average Bonchev–Trinajstić information content (AvgIpc) is 3.37. The van der Waals surface area contributed by atoms with Crippen molar-refractivity contribution in [3.8, 4) is 11.5 Å². The third-order valence-electron chi connectivity index (χ3n) is 4.33. The van der Waals surface area contributed by atoms with E-state index >= 15 is 0 Å². The zero-order valence-electron chi connectivity index (χ0n) is 15.8. The number of anilines is 1. The first-order chi connectivity index (χ1) is 14.6. The Morgan fingerprint density at radius 3 is 2.77 bits per heavy atom. The quantitative estimate of drug-likeness (QED) is 0.487. The Labute approximate surface area is 169 Å². The van der Waals surface area contributed by atoms with Gasteiger partial charge in [0.1, 0.15) is 24.1 Å². The van der Waals surface area contributed by atoms with Gasteiger partial charge in [-0.2, -0.15) is 0 Å². The van der Waals surface area contributed by atoms with Crippen molar-refractivity contribution in [3.05, 3.63) is 60.0 Å². The van der Waals surface area contributed by atoms with E-state index in [0.717, 1.165) is 0 Å². The fourth-order valence-electron chi connectivity index (χ4n) is 3.04. The summed E-state index contributed by atoms with van der Waals surface area (Å²) < 4.78 is 25.3. The number of imidazole rings is 1. The molecule has 0 aliphatic rings. The Kier molecular flexibility index (Phi) is 5.21. The molecule has 2 heterocycles. The van der Waals surface area contributed by atoms with E-state index in [9.17, 15) is 14.0 Å². The van der Waals surface area contributed by atoms with Crippen LogP contribution in [0, 0.1) is 5.82 Å². The summed E-state index contributed by atoms with van der Waals surface area (Å²) >= 11 is 0. The first-order valence-corrected chi connectivity index (χ1v) is 9.07. The molecule has 0 saturated heterocycles. The molecule has 1 amide bonds. The lowest BCUT2D eigenvalue weighted by atomic mass is 10.2. The van der Waals surface area contributed by atoms with E-state index in [1.807, 2.05) is 0 Å². The van der Waals surface area contributed by atoms with Crippen molar-refractivity contribution < 1.29 is 23.3 Å². The fourth-order valence-corrected chi connectivity index (χ4v) is 3.04. The Balaban J connectivity index is 1.78. The van der Waals surface area contributed by atoms with Crippen LogP contribution in [0.3, 0.4) is 0 Å². The van der Waals surface area contributed by atoms with Crippen LogP contribution in [0.2, 0.25) is 0 Å². The number of carbonyl (C=O) groups is 2. The lowest BCUT2D eigenvalue weighted by Gasteiger charge is -2.08. The topological polar surface area (TPSA) is 112 Å². The fraction of sp³-hybridized carbons (Fsp3) is 0.150. The smallest absolute Gasteiger partial charge is 0.326 e. The Morgan fingerprint density at radius 2 is 2.03 bits per heavy atom. The van der Waals surface area contributed by atoms with Gasteiger partial charge in [0.05, 0.1) is 23.4 Å². The molecular weight excluding hydrogens is 393 g/mol. The highest BCUT2D eigenvalue weighted by atomic mass is 19.1. The zero-order chi connectivity index (χ0) is 21.1. The summed E-state index contributed by atoms with van der Waals surface area (Å²) in [5.41, 5.74) is 1.50. The number of nitrogens with one attached hydrogen (secondary N) is 1. The van der Waals surface area contributed by atoms with Crippen LogP contribution < -0.4 is 5.32 Å². The number of aromatic nitrogens is 4. The van der Waals surface area contributed by atoms with Crippen molar-refractivity contribution in [2.75, 3.05) is 11.9 Å². The molecule has 4 aromatic rings. The average molecular weight is 409 g/mol. The monoisotopic (exact) mass is 409 g/mol. The molecule has 0 aliphatic heterocycles. The Hall–Kier alpha value is -4.08. The van der Waals surface area contributed by atoms with Crippen LogP contribution in [0.5, 0.6) is 0 Å². The van der Waals surface area contributed by atoms with Gasteiger partial charge in [0.15, 0.2) is 11.5 Å². The van der Waals surface area contributed by atoms with Crippen molar-refractivity contribution in [1.82, 2.24) is 19.9 Å². The molecule has 0 spiro atoms. The molecule has 10 heteroatoms. The second kappa shape index (κ2) is 8.11. The first-order valence-electron chi connectivity index (χ1n) is 9.07. The number of benzene rings is 2. The van der Waals surface area contributed by atoms with Gasteiger partial charge in [-0.25, -0.2) is 14.0 Å². The SMILES string of the molecule is CCOC(=O)Cn1c(-c2cnon2)nc2c(NC(=O)c3ccccc3F)cccc21. The number of halogens is 1. The van der Waals surface area contributed by atoms with Crippen LogP contribution in [0.1, 0.15) is 17.3 Å². The highest BCUT2D eigenvalue weighted by molar-refractivity contribution is 6.08. The minimum atomic E-state index is -0.635. The molecular formula is C20H16FN5O4. The second-order valence-electron chi connectivity index (χ2n) is 6.23. The molecule has 4 rings (SSSR count). The van der Waals surface area contributed by atoms with E-state index in [4.69, 9.17) is 4.74 Å². The van der Waals surface area contributed by atoms with E-state index in [1.54, 1.807) is 35.8 Å². The van der Waals surface area contributed by atoms with Gasteiger partial charge in [-0.1, -0.05) is 23.4 Å². The Bertz CT molecular complexity index is 1220. The van der Waals surface area contributed by atoms with Gasteiger partial charge in [-0.05, 0) is 36.3 Å². The van der Waals surface area contributed by atoms with Gasteiger partial charge >= 0.3 is 5.97 Å². The summed E-state index contributed by atoms with van der Waals surface area (Å²) in [7, 11) is 0. The molecule has 9 nitrogen and oxygen atoms in total. The number of rotatable bonds is 6. The normalized spacial score (nSPS) is 10.9. The molecule has 0 radical (unpaired) electrons. The number of fused-ring (bicyclic) bond motifs is 1. The van der Waals surface area contributed by atoms with E-state index in [1.165, 1.54) is 24.4 Å². The third-order valence-corrected chi connectivity index (χ3v) is 4.33. The molecule has 2 aromatic carbocycles. The lowest BCUT2D eigenvalue weighted by molar-refractivity contribution is -0.143. The molecule has 0 atom stereocenters. The van der Waals surface area contributed by atoms with Gasteiger partial charge in [-0.15, -0.1) is 0 Å². The van der Waals surface area contributed by atoms with Gasteiger partial charge in [-0.3, -0.25) is 9.59 Å². The molecule has 152 valence electrons. The number of esters is 1. The molecule has 1 N–H and O–H groups in total. The van der Waals surface area contributed by atoms with Crippen molar-refractivity contribution in [2.24, 2.45) is 0 Å². The van der Waals surface area contributed by atoms with Gasteiger partial charge < -0.3 is 14.6 Å². The minimum absolute atomic E-state index is 0.0959. The van der Waals surface area contributed by atoms with Crippen LogP contribution in [0.4, 0.5) is 10.1 Å². The molecule has 0 fully saturated rings. The van der Waals surface area contributed by atoms with E-state index in [2.05, 4.69) is 25.2 Å². The van der Waals surface area contributed by atoms with Gasteiger partial charge in [0.25, 0.3) is 5.91 Å². The predicted molar refractivity (Wildman–Crippen MR) is 104 cm³/mol. The van der Waals surface area contributed by atoms with Crippen molar-refractivity contribution in [2.45, 2.75) is 13.5 Å². The molecule has 0 aliphatic carbocycles. The molecule has 0 saturated carbocycles. The van der Waals surface area contributed by atoms with Gasteiger partial charge in [0.2, 0.25) is 0 Å². The number of hydrogen-bond acceptors (Lipinski definition) is 7. The minimum Gasteiger partial charge on any atom is -0.465 e. The van der Waals surface area contributed by atoms with E-state index in [0.29, 0.717) is 28.2 Å². The standard InChI is InChI=1S/C20H16FN5O4/c1-2-29-17(27)11-26-16-9-5-8-14(18(16)24-19(26)15-10-22-30-25-15)23-20(28)12-6-3-4-7-13(12)21/h3-10H,2,11H2,1H3,(H,23,28). The number of hydrogen-bond donors (Lipinski definition) is 1. The maximum atomic E-state index is 14.0. The van der Waals surface area contributed by atoms with E-state index in [-0.39, 0.29) is 18.7 Å². The second-order valence-corrected chi connectivity index (χ2v) is 6.23. The van der Waals surface area contributed by atoms with Crippen LogP contribution >= 0.6 is 0 Å². The molecule has 2 aromatic heterocycles. The van der Waals surface area contributed by atoms with Crippen LogP contribution in [-0.4, -0.2) is 38.3 Å². The largest absolute Gasteiger partial charge is 0.465 e. The molecule has 30 heavy (non-hydrogen) atoms. The number of ether oxygens (including phenoxy) is 1. The van der Waals surface area contributed by atoms with Crippen molar-refractivity contribution >= 4 is 28.6 Å². The highest BCUT2D eigenvalue weighted by Gasteiger charge is 2.21. The Morgan fingerprint density at radius 1 is 1.20 bits per heavy atom. The predicted octanol–water partition coefficient (Wildman–Crippen LogP) is 3.04. The van der Waals surface area contributed by atoms with E-state index < -0.39 is 17.7 Å². The zero-order valence-corrected chi connectivity index (χ0v) is 15.8. The van der Waals surface area contributed by atoms with Crippen LogP contribution in [0.15, 0.2) is 53.3 Å². The molecule has 0 unspecified atom stereocenters. The van der Waals surface area contributed by atoms with Crippen LogP contribution in [-0.2, 0) is 16.1 Å². The van der Waals surface area contributed by atoms with Crippen LogP contribution in [0.25, 0.3) is 22.6 Å². The summed E-state index contributed by atoms with van der Waals surface area (Å²) in [6.45, 7) is 1.82. The molecule has 0 bridgehead atoms. The van der Waals surface area contributed by atoms with Crippen molar-refractivity contribution in [3.63, 3.8) is 0 Å². The maximum Gasteiger partial charge on any atom is 0.326 e. The number of nitrogens with zero attached hydrogens (tertiary/aromatic N) is 4. The van der Waals surface area contributed by atoms with Crippen molar-refractivity contribution in [1.29, 1.82) is 0 Å². The number of amides is 1. The summed E-state index contributed by atoms with van der Waals surface area (Å²) in [6.07, 6.45) is 1.36. The summed E-state index contributed by atoms with van der Waals surface area (Å²) in [6, 6.07) is 10.7. The van der Waals surface area contributed by atoms with Gasteiger partial charge in [0, 0.05) is 0 Å². The summed E-state index contributed by atoms with van der Waals surface area (Å²) in [4.78, 5) is 29.2. The lowest BCUT2D eigenvalue weighted by Crippen LogP contribution is -2.15. The first kappa shape index (κ1) is 19.2. The number of para-hydroxylation sites is 1. The number of carbonyl (C=O) groups excluding carboxylic acids is 2. The summed E-state index contributed by atoms with van der Waals surface area (Å²) in [5, 5.41) is 10.0. The third kappa shape index (κ3) is 3.62. The maximum absolute atomic E-state index is 14.0.